The van der Waals surface area contributed by atoms with E-state index in [9.17, 15) is 0 Å². The van der Waals surface area contributed by atoms with Gasteiger partial charge in [-0.2, -0.15) is 0 Å². The van der Waals surface area contributed by atoms with Gasteiger partial charge in [-0.25, -0.2) is 0 Å². The van der Waals surface area contributed by atoms with Gasteiger partial charge in [0.05, 0.1) is 0 Å². The van der Waals surface area contributed by atoms with Crippen molar-refractivity contribution >= 4 is 23.0 Å². The molecule has 2 aliphatic rings. The summed E-state index contributed by atoms with van der Waals surface area (Å²) in [6, 6.07) is 6.99. The molecule has 0 spiro atoms. The van der Waals surface area contributed by atoms with Gasteiger partial charge >= 0.3 is 0 Å². The van der Waals surface area contributed by atoms with E-state index in [0.717, 1.165) is 11.7 Å². The zero-order chi connectivity index (χ0) is 16.1. The van der Waals surface area contributed by atoms with Crippen LogP contribution >= 0.6 is 12.2 Å². The van der Waals surface area contributed by atoms with Crippen molar-refractivity contribution in [1.82, 2.24) is 4.90 Å². The van der Waals surface area contributed by atoms with Gasteiger partial charge in [-0.1, -0.05) is 39.0 Å². The predicted octanol–water partition coefficient (Wildman–Crippen LogP) is 4.90. The van der Waals surface area contributed by atoms with Crippen LogP contribution in [0, 0.1) is 24.7 Å². The lowest BCUT2D eigenvalue weighted by Gasteiger charge is -2.39. The standard InChI is InChI=1S/C19H28N2S/c1-13-7-6-8-14(2)16(13)20-17(22)21-12-19(5)10-15(21)9-18(3,4)11-19/h6-8,15H,9-12H2,1-5H3,(H,20,22)/t15-,19+/m1/s1. The Bertz CT molecular complexity index is 587. The van der Waals surface area contributed by atoms with Gasteiger partial charge in [-0.05, 0) is 67.3 Å². The molecule has 22 heavy (non-hydrogen) atoms. The number of nitrogens with one attached hydrogen (secondary N) is 1. The van der Waals surface area contributed by atoms with Crippen molar-refractivity contribution in [2.75, 3.05) is 11.9 Å². The Balaban J connectivity index is 1.79. The molecular weight excluding hydrogens is 288 g/mol. The van der Waals surface area contributed by atoms with Crippen LogP contribution in [-0.4, -0.2) is 22.6 Å². The van der Waals surface area contributed by atoms with Crippen LogP contribution in [0.3, 0.4) is 0 Å². The largest absolute Gasteiger partial charge is 0.345 e. The van der Waals surface area contributed by atoms with Crippen molar-refractivity contribution < 1.29 is 0 Å². The van der Waals surface area contributed by atoms with Gasteiger partial charge in [0.25, 0.3) is 0 Å². The highest BCUT2D eigenvalue weighted by molar-refractivity contribution is 7.80. The van der Waals surface area contributed by atoms with Crippen LogP contribution in [-0.2, 0) is 0 Å². The average molecular weight is 317 g/mol. The topological polar surface area (TPSA) is 15.3 Å². The highest BCUT2D eigenvalue weighted by Crippen LogP contribution is 2.52. The molecule has 3 rings (SSSR count). The molecular formula is C19H28N2S. The number of hydrogen-bond acceptors (Lipinski definition) is 1. The maximum Gasteiger partial charge on any atom is 0.173 e. The maximum atomic E-state index is 5.78. The van der Waals surface area contributed by atoms with Gasteiger partial charge in [0.1, 0.15) is 0 Å². The van der Waals surface area contributed by atoms with Gasteiger partial charge in [0.15, 0.2) is 5.11 Å². The first-order valence-electron chi connectivity index (χ1n) is 8.33. The minimum atomic E-state index is 0.416. The monoisotopic (exact) mass is 316 g/mol. The summed E-state index contributed by atoms with van der Waals surface area (Å²) >= 11 is 5.78. The number of benzene rings is 1. The predicted molar refractivity (Wildman–Crippen MR) is 98.4 cm³/mol. The van der Waals surface area contributed by atoms with Crippen LogP contribution in [0.15, 0.2) is 18.2 Å². The zero-order valence-electron chi connectivity index (χ0n) is 14.5. The van der Waals surface area contributed by atoms with Gasteiger partial charge in [-0.3, -0.25) is 0 Å². The maximum absolute atomic E-state index is 5.78. The van der Waals surface area contributed by atoms with Crippen molar-refractivity contribution in [2.24, 2.45) is 10.8 Å². The van der Waals surface area contributed by atoms with Crippen LogP contribution in [0.2, 0.25) is 0 Å². The first-order valence-corrected chi connectivity index (χ1v) is 8.74. The van der Waals surface area contributed by atoms with Crippen molar-refractivity contribution in [2.45, 2.75) is 59.9 Å². The minimum Gasteiger partial charge on any atom is -0.345 e. The lowest BCUT2D eigenvalue weighted by Crippen LogP contribution is -2.40. The van der Waals surface area contributed by atoms with E-state index in [1.165, 1.54) is 36.1 Å². The molecule has 0 unspecified atom stereocenters. The second-order valence-corrected chi connectivity index (χ2v) is 8.93. The van der Waals surface area contributed by atoms with E-state index >= 15 is 0 Å². The number of para-hydroxylation sites is 1. The van der Waals surface area contributed by atoms with Crippen LogP contribution in [0.25, 0.3) is 0 Å². The third-order valence-electron chi connectivity index (χ3n) is 5.39. The van der Waals surface area contributed by atoms with E-state index in [0.29, 0.717) is 16.9 Å². The smallest absolute Gasteiger partial charge is 0.173 e. The van der Waals surface area contributed by atoms with Gasteiger partial charge < -0.3 is 10.2 Å². The van der Waals surface area contributed by atoms with E-state index in [1.807, 2.05) is 0 Å². The van der Waals surface area contributed by atoms with Crippen LogP contribution in [0.1, 0.15) is 51.2 Å². The summed E-state index contributed by atoms with van der Waals surface area (Å²) in [6.07, 6.45) is 3.83. The summed E-state index contributed by atoms with van der Waals surface area (Å²) in [5, 5.41) is 4.44. The molecule has 120 valence electrons. The summed E-state index contributed by atoms with van der Waals surface area (Å²) in [5.74, 6) is 0. The lowest BCUT2D eigenvalue weighted by molar-refractivity contribution is 0.132. The molecule has 1 aliphatic carbocycles. The van der Waals surface area contributed by atoms with Gasteiger partial charge in [0, 0.05) is 18.3 Å². The first-order chi connectivity index (χ1) is 10.2. The molecule has 1 saturated heterocycles. The molecule has 1 heterocycles. The number of rotatable bonds is 1. The second kappa shape index (κ2) is 5.23. The Kier molecular flexibility index (Phi) is 3.75. The molecule has 0 radical (unpaired) electrons. The number of hydrogen-bond donors (Lipinski definition) is 1. The molecule has 2 bridgehead atoms. The van der Waals surface area contributed by atoms with Crippen LogP contribution in [0.5, 0.6) is 0 Å². The molecule has 1 saturated carbocycles. The quantitative estimate of drug-likeness (QED) is 0.742. The molecule has 2 nitrogen and oxygen atoms in total. The summed E-state index contributed by atoms with van der Waals surface area (Å²) in [4.78, 5) is 2.45. The van der Waals surface area contributed by atoms with Crippen molar-refractivity contribution in [3.05, 3.63) is 29.3 Å². The van der Waals surface area contributed by atoms with Crippen LogP contribution in [0.4, 0.5) is 5.69 Å². The normalized spacial score (nSPS) is 29.5. The fourth-order valence-corrected chi connectivity index (χ4v) is 5.20. The van der Waals surface area contributed by atoms with E-state index in [4.69, 9.17) is 12.2 Å². The number of anilines is 1. The Morgan fingerprint density at radius 1 is 1.18 bits per heavy atom. The summed E-state index contributed by atoms with van der Waals surface area (Å²) in [5.41, 5.74) is 4.55. The molecule has 3 heteroatoms. The molecule has 0 aromatic heterocycles. The average Bonchev–Trinajstić information content (AvgIpc) is 2.63. The summed E-state index contributed by atoms with van der Waals surface area (Å²) < 4.78 is 0. The molecule has 2 atom stereocenters. The van der Waals surface area contributed by atoms with Crippen molar-refractivity contribution in [3.63, 3.8) is 0 Å². The molecule has 0 amide bonds. The molecule has 1 aliphatic heterocycles. The Morgan fingerprint density at radius 2 is 1.82 bits per heavy atom. The Labute approximate surface area is 140 Å². The minimum absolute atomic E-state index is 0.416. The second-order valence-electron chi connectivity index (χ2n) is 8.54. The SMILES string of the molecule is Cc1cccc(C)c1NC(=S)N1C[C@@]2(C)C[C@H]1CC(C)(C)C2. The van der Waals surface area contributed by atoms with Crippen molar-refractivity contribution in [3.8, 4) is 0 Å². The third-order valence-corrected chi connectivity index (χ3v) is 5.73. The van der Waals surface area contributed by atoms with Crippen molar-refractivity contribution in [1.29, 1.82) is 0 Å². The number of fused-ring (bicyclic) bond motifs is 2. The number of nitrogens with zero attached hydrogens (tertiary/aromatic N) is 1. The fourth-order valence-electron chi connectivity index (χ4n) is 4.89. The van der Waals surface area contributed by atoms with E-state index in [2.05, 4.69) is 63.0 Å². The van der Waals surface area contributed by atoms with E-state index in [1.54, 1.807) is 0 Å². The number of likely N-dealkylation sites (tertiary alicyclic amines) is 1. The molecule has 2 fully saturated rings. The Morgan fingerprint density at radius 3 is 2.45 bits per heavy atom. The van der Waals surface area contributed by atoms with Gasteiger partial charge in [-0.15, -0.1) is 0 Å². The molecule has 1 aromatic rings. The number of thiocarbonyl (C=S) groups is 1. The molecule has 1 aromatic carbocycles. The summed E-state index contributed by atoms with van der Waals surface area (Å²) in [7, 11) is 0. The highest BCUT2D eigenvalue weighted by atomic mass is 32.1. The Hall–Kier alpha value is -1.09. The fraction of sp³-hybridized carbons (Fsp3) is 0.632. The third kappa shape index (κ3) is 2.88. The number of aryl methyl sites for hydroxylation is 2. The molecule has 1 N–H and O–H groups in total. The van der Waals surface area contributed by atoms with E-state index in [-0.39, 0.29) is 0 Å². The summed E-state index contributed by atoms with van der Waals surface area (Å²) in [6.45, 7) is 12.6. The van der Waals surface area contributed by atoms with Crippen LogP contribution < -0.4 is 5.32 Å². The van der Waals surface area contributed by atoms with E-state index < -0.39 is 0 Å². The highest BCUT2D eigenvalue weighted by Gasteiger charge is 2.50. The van der Waals surface area contributed by atoms with Gasteiger partial charge in [0.2, 0.25) is 0 Å². The lowest BCUT2D eigenvalue weighted by atomic mass is 9.65. The zero-order valence-corrected chi connectivity index (χ0v) is 15.3. The first kappa shape index (κ1) is 15.8.